The van der Waals surface area contributed by atoms with Crippen molar-refractivity contribution in [3.63, 3.8) is 0 Å². The molecule has 0 amide bonds. The van der Waals surface area contributed by atoms with Crippen LogP contribution in [0.15, 0.2) is 205 Å². The van der Waals surface area contributed by atoms with Gasteiger partial charge in [0.25, 0.3) is 0 Å². The fraction of sp³-hybridized carbons (Fsp3) is 0.0517. The lowest BCUT2D eigenvalue weighted by Crippen LogP contribution is -2.15. The first kappa shape index (κ1) is 35.9. The molecule has 0 saturated carbocycles. The SMILES string of the molecule is CC1(C)c2ccccc2-c2ccc(-c3nc(-c4cccc(-c5ccc6c(c5)oc5cccc(-c7cccc(-c8ccccc8)c7)c56)c4)nc(-c4ccc5ccccc5c4)n3)cc21. The molecule has 12 rings (SSSR count). The first-order chi connectivity index (χ1) is 30.4. The smallest absolute Gasteiger partial charge is 0.164 e. The molecule has 1 aliphatic carbocycles. The molecule has 4 nitrogen and oxygen atoms in total. The first-order valence-corrected chi connectivity index (χ1v) is 21.2. The van der Waals surface area contributed by atoms with Crippen molar-refractivity contribution in [2.75, 3.05) is 0 Å². The van der Waals surface area contributed by atoms with Crippen molar-refractivity contribution in [1.82, 2.24) is 15.0 Å². The summed E-state index contributed by atoms with van der Waals surface area (Å²) in [7, 11) is 0. The predicted molar refractivity (Wildman–Crippen MR) is 255 cm³/mol. The molecule has 0 N–H and O–H groups in total. The van der Waals surface area contributed by atoms with Crippen LogP contribution >= 0.6 is 0 Å². The van der Waals surface area contributed by atoms with E-state index < -0.39 is 0 Å². The Balaban J connectivity index is 0.956. The van der Waals surface area contributed by atoms with Crippen molar-refractivity contribution in [3.8, 4) is 78.7 Å². The van der Waals surface area contributed by atoms with Crippen LogP contribution in [-0.2, 0) is 5.41 Å². The Hall–Kier alpha value is -7.95. The van der Waals surface area contributed by atoms with Gasteiger partial charge >= 0.3 is 0 Å². The van der Waals surface area contributed by atoms with Crippen LogP contribution in [0.1, 0.15) is 25.0 Å². The number of fused-ring (bicyclic) bond motifs is 7. The van der Waals surface area contributed by atoms with Gasteiger partial charge in [-0.1, -0.05) is 172 Å². The van der Waals surface area contributed by atoms with E-state index in [-0.39, 0.29) is 5.41 Å². The average molecular weight is 794 g/mol. The van der Waals surface area contributed by atoms with Gasteiger partial charge in [0.15, 0.2) is 17.5 Å². The largest absolute Gasteiger partial charge is 0.456 e. The summed E-state index contributed by atoms with van der Waals surface area (Å²) < 4.78 is 6.60. The third-order valence-electron chi connectivity index (χ3n) is 12.7. The summed E-state index contributed by atoms with van der Waals surface area (Å²) in [6.07, 6.45) is 0. The third-order valence-corrected chi connectivity index (χ3v) is 12.7. The van der Waals surface area contributed by atoms with E-state index >= 15 is 0 Å². The molecule has 0 fully saturated rings. The Labute approximate surface area is 359 Å². The molecule has 1 aliphatic rings. The maximum absolute atomic E-state index is 6.60. The highest BCUT2D eigenvalue weighted by atomic mass is 16.3. The van der Waals surface area contributed by atoms with Crippen LogP contribution in [0.4, 0.5) is 0 Å². The van der Waals surface area contributed by atoms with E-state index in [1.54, 1.807) is 0 Å². The second-order valence-corrected chi connectivity index (χ2v) is 16.8. The normalized spacial score (nSPS) is 12.8. The van der Waals surface area contributed by atoms with E-state index in [0.29, 0.717) is 17.5 Å². The van der Waals surface area contributed by atoms with E-state index in [1.807, 2.05) is 0 Å². The minimum atomic E-state index is -0.150. The highest BCUT2D eigenvalue weighted by Crippen LogP contribution is 2.49. The average Bonchev–Trinajstić information content (AvgIpc) is 3.82. The molecule has 62 heavy (non-hydrogen) atoms. The summed E-state index contributed by atoms with van der Waals surface area (Å²) in [5.74, 6) is 1.90. The zero-order chi connectivity index (χ0) is 41.4. The number of hydrogen-bond donors (Lipinski definition) is 0. The Morgan fingerprint density at radius 3 is 1.71 bits per heavy atom. The summed E-state index contributed by atoms with van der Waals surface area (Å²) >= 11 is 0. The Morgan fingerprint density at radius 2 is 0.887 bits per heavy atom. The molecule has 2 heterocycles. The van der Waals surface area contributed by atoms with Gasteiger partial charge in [-0.05, 0) is 109 Å². The summed E-state index contributed by atoms with van der Waals surface area (Å²) in [5.41, 5.74) is 16.3. The summed E-state index contributed by atoms with van der Waals surface area (Å²) in [6.45, 7) is 4.61. The Morgan fingerprint density at radius 1 is 0.339 bits per heavy atom. The van der Waals surface area contributed by atoms with Crippen molar-refractivity contribution in [1.29, 1.82) is 0 Å². The van der Waals surface area contributed by atoms with E-state index in [9.17, 15) is 0 Å². The van der Waals surface area contributed by atoms with Crippen LogP contribution in [0.5, 0.6) is 0 Å². The van der Waals surface area contributed by atoms with Crippen LogP contribution in [-0.4, -0.2) is 15.0 Å². The lowest BCUT2D eigenvalue weighted by atomic mass is 9.82. The maximum atomic E-state index is 6.60. The summed E-state index contributed by atoms with van der Waals surface area (Å²) in [4.78, 5) is 15.6. The number of furan rings is 1. The molecular weight excluding hydrogens is 755 g/mol. The van der Waals surface area contributed by atoms with E-state index in [1.165, 1.54) is 38.8 Å². The Bertz CT molecular complexity index is 3560. The molecule has 0 atom stereocenters. The van der Waals surface area contributed by atoms with Crippen molar-refractivity contribution in [2.45, 2.75) is 19.3 Å². The molecule has 0 bridgehead atoms. The predicted octanol–water partition coefficient (Wildman–Crippen LogP) is 15.2. The van der Waals surface area contributed by atoms with Gasteiger partial charge in [0.2, 0.25) is 0 Å². The zero-order valence-corrected chi connectivity index (χ0v) is 34.3. The van der Waals surface area contributed by atoms with E-state index in [2.05, 4.69) is 214 Å². The standard InChI is InChI=1S/C58H39N3O/c1-58(2)50-23-9-8-21-47(50)48-29-28-45(34-51(48)58)57-60-55(59-56(61-57)44-26-25-37-15-6-7-16-38(37)32-44)43-20-11-18-40(33-43)41-27-30-49-53(35-41)62-52-24-12-22-46(54(49)52)42-19-10-17-39(31-42)36-13-4-3-5-14-36/h3-35H,1-2H3. The quantitative estimate of drug-likeness (QED) is 0.168. The van der Waals surface area contributed by atoms with Gasteiger partial charge in [0.1, 0.15) is 11.2 Å². The maximum Gasteiger partial charge on any atom is 0.164 e. The van der Waals surface area contributed by atoms with E-state index in [4.69, 9.17) is 19.4 Å². The minimum absolute atomic E-state index is 0.150. The molecule has 0 radical (unpaired) electrons. The molecule has 2 aromatic heterocycles. The van der Waals surface area contributed by atoms with Crippen LogP contribution in [0.2, 0.25) is 0 Å². The molecule has 0 saturated heterocycles. The fourth-order valence-corrected chi connectivity index (χ4v) is 9.52. The van der Waals surface area contributed by atoms with Gasteiger partial charge in [0.05, 0.1) is 0 Å². The fourth-order valence-electron chi connectivity index (χ4n) is 9.52. The Kier molecular flexibility index (Phi) is 8.16. The third kappa shape index (κ3) is 5.95. The number of rotatable bonds is 6. The molecule has 4 heteroatoms. The van der Waals surface area contributed by atoms with Crippen LogP contribution in [0.3, 0.4) is 0 Å². The zero-order valence-electron chi connectivity index (χ0n) is 34.3. The molecule has 0 unspecified atom stereocenters. The first-order valence-electron chi connectivity index (χ1n) is 21.2. The van der Waals surface area contributed by atoms with Crippen LogP contribution in [0.25, 0.3) is 111 Å². The summed E-state index contributed by atoms with van der Waals surface area (Å²) in [5, 5.41) is 4.52. The van der Waals surface area contributed by atoms with Gasteiger partial charge in [-0.3, -0.25) is 0 Å². The van der Waals surface area contributed by atoms with Crippen molar-refractivity contribution >= 4 is 32.7 Å². The van der Waals surface area contributed by atoms with Crippen LogP contribution < -0.4 is 0 Å². The lowest BCUT2D eigenvalue weighted by molar-refractivity contribution is 0.660. The molecule has 0 aliphatic heterocycles. The monoisotopic (exact) mass is 793 g/mol. The highest BCUT2D eigenvalue weighted by Gasteiger charge is 2.35. The van der Waals surface area contributed by atoms with Crippen LogP contribution in [0, 0.1) is 0 Å². The van der Waals surface area contributed by atoms with Gasteiger partial charge in [-0.25, -0.2) is 15.0 Å². The molecule has 0 spiro atoms. The van der Waals surface area contributed by atoms with Crippen molar-refractivity contribution < 1.29 is 4.42 Å². The second kappa shape index (κ2) is 14.1. The number of nitrogens with zero attached hydrogens (tertiary/aromatic N) is 3. The number of benzene rings is 9. The second-order valence-electron chi connectivity index (χ2n) is 16.8. The topological polar surface area (TPSA) is 51.8 Å². The van der Waals surface area contributed by atoms with Crippen molar-refractivity contribution in [2.24, 2.45) is 0 Å². The number of aromatic nitrogens is 3. The van der Waals surface area contributed by atoms with Gasteiger partial charge < -0.3 is 4.42 Å². The highest BCUT2D eigenvalue weighted by molar-refractivity contribution is 6.13. The molecule has 9 aromatic carbocycles. The molecular formula is C58H39N3O. The van der Waals surface area contributed by atoms with Gasteiger partial charge in [-0.15, -0.1) is 0 Å². The lowest BCUT2D eigenvalue weighted by Gasteiger charge is -2.21. The van der Waals surface area contributed by atoms with Gasteiger partial charge in [-0.2, -0.15) is 0 Å². The molecule has 11 aromatic rings. The number of hydrogen-bond acceptors (Lipinski definition) is 4. The van der Waals surface area contributed by atoms with E-state index in [0.717, 1.165) is 66.3 Å². The summed E-state index contributed by atoms with van der Waals surface area (Å²) in [6, 6.07) is 70.9. The van der Waals surface area contributed by atoms with Gasteiger partial charge in [0, 0.05) is 32.9 Å². The van der Waals surface area contributed by atoms with Crippen molar-refractivity contribution in [3.05, 3.63) is 211 Å². The minimum Gasteiger partial charge on any atom is -0.456 e. The molecule has 292 valence electrons.